The second kappa shape index (κ2) is 35.9. The van der Waals surface area contributed by atoms with Crippen molar-refractivity contribution in [2.75, 3.05) is 103 Å². The summed E-state index contributed by atoms with van der Waals surface area (Å²) in [4.78, 5) is 47.9. The van der Waals surface area contributed by atoms with Crippen LogP contribution < -0.4 is 43.7 Å². The Hall–Kier alpha value is -11.3. The number of benzene rings is 6. The number of fused-ring (bicyclic) bond motifs is 3. The van der Waals surface area contributed by atoms with Crippen LogP contribution in [0.25, 0.3) is 66.9 Å². The Bertz CT molecular complexity index is 4950. The van der Waals surface area contributed by atoms with Crippen molar-refractivity contribution in [3.63, 3.8) is 0 Å². The fourth-order valence-corrected chi connectivity index (χ4v) is 13.4. The predicted octanol–water partition coefficient (Wildman–Crippen LogP) is 15.4. The number of ether oxygens (including phenoxy) is 7. The number of methoxy groups -OCH3 is 5. The number of nitrogens with zero attached hydrogens (tertiary/aromatic N) is 15. The van der Waals surface area contributed by atoms with Crippen LogP contribution in [0.4, 0.5) is 34.1 Å². The molecule has 25 heteroatoms. The fourth-order valence-electron chi connectivity index (χ4n) is 13.4. The number of unbranched alkanes of at least 4 members (excludes halogenated alkanes) is 2. The maximum Gasteiger partial charge on any atom is 0.251 e. The molecule has 1 amide bonds. The monoisotopic (exact) mass is 1460 g/mol. The lowest BCUT2D eigenvalue weighted by molar-refractivity contribution is -0.0394. The molecule has 1 aliphatic carbocycles. The van der Waals surface area contributed by atoms with E-state index in [0.29, 0.717) is 35.4 Å². The second-order valence-corrected chi connectivity index (χ2v) is 27.2. The molecule has 0 radical (unpaired) electrons. The smallest absolute Gasteiger partial charge is 0.251 e. The molecule has 108 heavy (non-hydrogen) atoms. The Morgan fingerprint density at radius 1 is 0.491 bits per heavy atom. The number of aromatic nitrogens is 12. The van der Waals surface area contributed by atoms with Gasteiger partial charge >= 0.3 is 0 Å². The van der Waals surface area contributed by atoms with Gasteiger partial charge in [0.25, 0.3) is 5.91 Å². The molecule has 8 heterocycles. The number of amides is 1. The lowest BCUT2D eigenvalue weighted by Gasteiger charge is -2.26. The van der Waals surface area contributed by atoms with E-state index >= 15 is 0 Å². The van der Waals surface area contributed by atoms with Gasteiger partial charge in [-0.2, -0.15) is 15.3 Å². The normalized spacial score (nSPS) is 14.3. The number of aliphatic hydroxyl groups is 1. The minimum atomic E-state index is -0.170. The van der Waals surface area contributed by atoms with E-state index < -0.39 is 0 Å². The molecule has 1 atom stereocenters. The number of carbonyl (C=O) groups is 1. The molecule has 0 spiro atoms. The summed E-state index contributed by atoms with van der Waals surface area (Å²) in [6.07, 6.45) is 28.8. The molecular formula is C83H96N16O9. The van der Waals surface area contributed by atoms with E-state index in [9.17, 15) is 4.79 Å². The summed E-state index contributed by atoms with van der Waals surface area (Å²) in [5, 5.41) is 25.2. The topological polar surface area (TPSA) is 254 Å². The SMILES string of the molecule is CCCCN(c1cc(OC)cc(C(=O)NC)c1)c1ccc2ncc(-c3cnn(CCO)c3)nc2c1.CCCCN(c1cc(OC)cc(OC)c1)c1ccc2ncc(-c3cnn(C4CCCCO4)c3)nc2c1.COc1cc(OC)cc(N(CC2CC2)c2ccc3ncc(-c4cnn(CC5CCOCC5)c4)nc3c2)c1. The quantitative estimate of drug-likeness (QED) is 0.0462. The van der Waals surface area contributed by atoms with Crippen molar-refractivity contribution in [2.45, 2.75) is 104 Å². The van der Waals surface area contributed by atoms with E-state index in [1.54, 1.807) is 65.7 Å². The number of nitrogens with one attached hydrogen (secondary N) is 1. The summed E-state index contributed by atoms with van der Waals surface area (Å²) in [5.41, 5.74) is 16.6. The molecule has 12 aromatic rings. The first-order valence-corrected chi connectivity index (χ1v) is 37.3. The van der Waals surface area contributed by atoms with Crippen molar-refractivity contribution in [1.82, 2.24) is 64.6 Å². The molecule has 0 bridgehead atoms. The summed E-state index contributed by atoms with van der Waals surface area (Å²) in [7, 11) is 9.92. The Morgan fingerprint density at radius 2 is 0.954 bits per heavy atom. The van der Waals surface area contributed by atoms with E-state index in [0.717, 1.165) is 222 Å². The largest absolute Gasteiger partial charge is 0.497 e. The molecule has 6 aromatic heterocycles. The number of anilines is 6. The van der Waals surface area contributed by atoms with Crippen LogP contribution in [0.3, 0.4) is 0 Å². The van der Waals surface area contributed by atoms with Crippen molar-refractivity contribution in [1.29, 1.82) is 0 Å². The molecule has 1 saturated carbocycles. The summed E-state index contributed by atoms with van der Waals surface area (Å²) in [5.74, 6) is 4.81. The minimum absolute atomic E-state index is 0.000465. The Kier molecular flexibility index (Phi) is 24.9. The Balaban J connectivity index is 0.000000143. The van der Waals surface area contributed by atoms with Gasteiger partial charge in [0, 0.05) is 170 Å². The first-order valence-electron chi connectivity index (χ1n) is 37.3. The highest BCUT2D eigenvalue weighted by Crippen LogP contribution is 2.41. The van der Waals surface area contributed by atoms with E-state index in [4.69, 9.17) is 58.2 Å². The highest BCUT2D eigenvalue weighted by Gasteiger charge is 2.27. The van der Waals surface area contributed by atoms with Crippen LogP contribution in [0.5, 0.6) is 28.7 Å². The van der Waals surface area contributed by atoms with Gasteiger partial charge < -0.3 is 58.3 Å². The van der Waals surface area contributed by atoms with Crippen molar-refractivity contribution in [3.8, 4) is 62.5 Å². The summed E-state index contributed by atoms with van der Waals surface area (Å²) < 4.78 is 44.6. The van der Waals surface area contributed by atoms with Gasteiger partial charge in [-0.15, -0.1) is 0 Å². The van der Waals surface area contributed by atoms with E-state index in [1.165, 1.54) is 12.8 Å². The molecule has 2 N–H and O–H groups in total. The van der Waals surface area contributed by atoms with Crippen molar-refractivity contribution in [2.24, 2.45) is 11.8 Å². The van der Waals surface area contributed by atoms with Gasteiger partial charge in [-0.1, -0.05) is 26.7 Å². The molecular weight excluding hydrogens is 1370 g/mol. The fraction of sp³-hybridized carbons (Fsp3) is 0.373. The highest BCUT2D eigenvalue weighted by molar-refractivity contribution is 5.96. The molecule has 25 nitrogen and oxygen atoms in total. The highest BCUT2D eigenvalue weighted by atomic mass is 16.5. The van der Waals surface area contributed by atoms with Gasteiger partial charge in [0.15, 0.2) is 0 Å². The van der Waals surface area contributed by atoms with Crippen molar-refractivity contribution >= 4 is 73.1 Å². The second-order valence-electron chi connectivity index (χ2n) is 27.2. The van der Waals surface area contributed by atoms with Gasteiger partial charge in [0.1, 0.15) is 35.0 Å². The molecule has 3 aliphatic rings. The molecule has 6 aromatic carbocycles. The number of aliphatic hydroxyl groups excluding tert-OH is 1. The predicted molar refractivity (Wildman–Crippen MR) is 421 cm³/mol. The Labute approximate surface area is 629 Å². The number of rotatable bonds is 28. The lowest BCUT2D eigenvalue weighted by atomic mass is 10.0. The third kappa shape index (κ3) is 18.6. The number of hydrogen-bond acceptors (Lipinski definition) is 21. The molecule has 15 rings (SSSR count). The first kappa shape index (κ1) is 75.0. The van der Waals surface area contributed by atoms with Crippen LogP contribution in [0.2, 0.25) is 0 Å². The Morgan fingerprint density at radius 3 is 1.43 bits per heavy atom. The number of hydrogen-bond donors (Lipinski definition) is 2. The maximum absolute atomic E-state index is 12.4. The van der Waals surface area contributed by atoms with Crippen LogP contribution in [0.1, 0.15) is 101 Å². The zero-order valence-corrected chi connectivity index (χ0v) is 62.9. The van der Waals surface area contributed by atoms with E-state index in [2.05, 4.69) is 102 Å². The standard InChI is InChI=1S/C29H33N5O3.C28H33N5O3.C26H30N6O3/c1-35-25-11-24(12-26(14-25)36-2)34(18-20-3-4-20)23-5-6-27-28(13-23)32-29(16-30-27)22-15-31-33(19-22)17-21-7-9-37-10-8-21;1-4-5-11-32(22-13-23(34-2)16-24(14-22)35-3)21-9-10-25-26(15-21)31-27(18-29-25)20-17-30-33(19-20)28-8-6-7-12-36-28;1-4-5-8-32(21-11-18(26(34)27-2)12-22(13-21)35-3)20-6-7-23-24(14-20)30-25(16-28-23)19-15-29-31(17-19)9-10-33/h5-6,11-16,19-21H,3-4,7-10,17-18H2,1-2H3;9-10,13-19,28H,4-8,11-12H2,1-3H3;6-7,11-17,33H,4-5,8-10H2,1-3H3,(H,27,34). The summed E-state index contributed by atoms with van der Waals surface area (Å²) in [6.45, 7) is 10.7. The minimum Gasteiger partial charge on any atom is -0.497 e. The van der Waals surface area contributed by atoms with Crippen molar-refractivity contribution < 1.29 is 43.1 Å². The van der Waals surface area contributed by atoms with E-state index in [1.807, 2.05) is 113 Å². The maximum atomic E-state index is 12.4. The average molecular weight is 1460 g/mol. The van der Waals surface area contributed by atoms with E-state index in [-0.39, 0.29) is 18.7 Å². The zero-order valence-electron chi connectivity index (χ0n) is 62.9. The molecule has 1 unspecified atom stereocenters. The van der Waals surface area contributed by atoms with Crippen LogP contribution >= 0.6 is 0 Å². The van der Waals surface area contributed by atoms with Gasteiger partial charge in [-0.05, 0) is 136 Å². The third-order valence-corrected chi connectivity index (χ3v) is 19.7. The molecule has 562 valence electrons. The van der Waals surface area contributed by atoms with Gasteiger partial charge in [-0.3, -0.25) is 29.1 Å². The molecule has 2 aliphatic heterocycles. The zero-order chi connectivity index (χ0) is 74.9. The third-order valence-electron chi connectivity index (χ3n) is 19.7. The van der Waals surface area contributed by atoms with Gasteiger partial charge in [0.2, 0.25) is 0 Å². The van der Waals surface area contributed by atoms with Crippen LogP contribution in [-0.2, 0) is 22.6 Å². The first-order chi connectivity index (χ1) is 52.9. The average Bonchev–Trinajstić information content (AvgIpc) is 1.29. The molecule has 2 saturated heterocycles. The van der Waals surface area contributed by atoms with Crippen LogP contribution in [0.15, 0.2) is 165 Å². The summed E-state index contributed by atoms with van der Waals surface area (Å²) in [6, 6.07) is 36.0. The van der Waals surface area contributed by atoms with Crippen LogP contribution in [-0.4, -0.2) is 159 Å². The van der Waals surface area contributed by atoms with Crippen LogP contribution in [0, 0.1) is 11.8 Å². The summed E-state index contributed by atoms with van der Waals surface area (Å²) >= 11 is 0. The van der Waals surface area contributed by atoms with Gasteiger partial charge in [-0.25, -0.2) is 19.6 Å². The lowest BCUT2D eigenvalue weighted by Crippen LogP contribution is -2.21. The van der Waals surface area contributed by atoms with Crippen molar-refractivity contribution in [3.05, 3.63) is 171 Å². The molecule has 3 fully saturated rings. The number of carbonyl (C=O) groups excluding carboxylic acids is 1. The van der Waals surface area contributed by atoms with Gasteiger partial charge in [0.05, 0.1) is 136 Å².